The van der Waals surface area contributed by atoms with Crippen LogP contribution in [0.25, 0.3) is 0 Å². The van der Waals surface area contributed by atoms with Crippen LogP contribution in [-0.2, 0) is 9.84 Å². The van der Waals surface area contributed by atoms with Crippen LogP contribution in [-0.4, -0.2) is 31.6 Å². The zero-order valence-electron chi connectivity index (χ0n) is 21.8. The third-order valence-electron chi connectivity index (χ3n) is 6.71. The highest BCUT2D eigenvalue weighted by Crippen LogP contribution is 2.15. The Hall–Kier alpha value is -0.0900. The maximum absolute atomic E-state index is 11.5. The van der Waals surface area contributed by atoms with Crippen molar-refractivity contribution in [2.45, 2.75) is 161 Å². The number of unbranched alkanes of at least 4 members (excludes halogenated alkanes) is 23. The monoisotopic (exact) mass is 474 g/mol. The van der Waals surface area contributed by atoms with E-state index in [9.17, 15) is 8.42 Å². The molecule has 0 aromatic heterocycles. The summed E-state index contributed by atoms with van der Waals surface area (Å²) < 4.78 is 23.0. The van der Waals surface area contributed by atoms with Crippen molar-refractivity contribution in [1.29, 1.82) is 0 Å². The SMILES string of the molecule is CCCCCCCCCCCCCCCCCCCCCCCCCCS(=O)(=O)CCO. The van der Waals surface area contributed by atoms with E-state index >= 15 is 0 Å². The van der Waals surface area contributed by atoms with Crippen LogP contribution < -0.4 is 0 Å². The van der Waals surface area contributed by atoms with Gasteiger partial charge in [0.15, 0.2) is 9.84 Å². The molecule has 0 saturated heterocycles. The van der Waals surface area contributed by atoms with E-state index in [1.807, 2.05) is 0 Å². The fourth-order valence-electron chi connectivity index (χ4n) is 4.53. The van der Waals surface area contributed by atoms with Crippen molar-refractivity contribution in [2.24, 2.45) is 0 Å². The molecule has 0 aliphatic heterocycles. The van der Waals surface area contributed by atoms with Gasteiger partial charge in [-0.15, -0.1) is 0 Å². The van der Waals surface area contributed by atoms with Crippen molar-refractivity contribution < 1.29 is 13.5 Å². The van der Waals surface area contributed by atoms with Gasteiger partial charge in [0.25, 0.3) is 0 Å². The van der Waals surface area contributed by atoms with E-state index in [0.717, 1.165) is 19.3 Å². The highest BCUT2D eigenvalue weighted by Gasteiger charge is 2.08. The maximum atomic E-state index is 11.5. The van der Waals surface area contributed by atoms with Crippen molar-refractivity contribution >= 4 is 9.84 Å². The molecule has 0 aliphatic carbocycles. The zero-order valence-corrected chi connectivity index (χ0v) is 22.6. The molecule has 0 saturated carbocycles. The molecule has 0 spiro atoms. The predicted octanol–water partition coefficient (Wildman–Crippen LogP) is 8.78. The van der Waals surface area contributed by atoms with Gasteiger partial charge in [0, 0.05) is 0 Å². The first-order valence-electron chi connectivity index (χ1n) is 14.4. The van der Waals surface area contributed by atoms with Crippen molar-refractivity contribution in [3.8, 4) is 0 Å². The first kappa shape index (κ1) is 31.9. The van der Waals surface area contributed by atoms with Gasteiger partial charge in [0.2, 0.25) is 0 Å². The van der Waals surface area contributed by atoms with E-state index in [0.29, 0.717) is 0 Å². The average molecular weight is 475 g/mol. The third kappa shape index (κ3) is 26.2. The van der Waals surface area contributed by atoms with Crippen molar-refractivity contribution in [2.75, 3.05) is 18.1 Å². The normalized spacial score (nSPS) is 11.9. The van der Waals surface area contributed by atoms with Gasteiger partial charge in [0.05, 0.1) is 18.1 Å². The van der Waals surface area contributed by atoms with E-state index in [1.54, 1.807) is 0 Å². The Balaban J connectivity index is 3.09. The molecule has 0 rings (SSSR count). The molecule has 0 heterocycles. The van der Waals surface area contributed by atoms with Crippen LogP contribution in [0.15, 0.2) is 0 Å². The minimum absolute atomic E-state index is 0.0770. The van der Waals surface area contributed by atoms with Gasteiger partial charge in [-0.05, 0) is 6.42 Å². The number of hydrogen-bond acceptors (Lipinski definition) is 3. The van der Waals surface area contributed by atoms with E-state index in [4.69, 9.17) is 5.11 Å². The maximum Gasteiger partial charge on any atom is 0.152 e. The molecule has 0 aliphatic rings. The summed E-state index contributed by atoms with van der Waals surface area (Å²) in [6.45, 7) is 2.04. The Morgan fingerprint density at radius 2 is 0.656 bits per heavy atom. The molecule has 1 N–H and O–H groups in total. The molecule has 4 heteroatoms. The Morgan fingerprint density at radius 3 is 0.906 bits per heavy atom. The lowest BCUT2D eigenvalue weighted by Gasteiger charge is -2.04. The minimum Gasteiger partial charge on any atom is -0.395 e. The van der Waals surface area contributed by atoms with E-state index in [1.165, 1.54) is 135 Å². The lowest BCUT2D eigenvalue weighted by atomic mass is 10.0. The molecule has 3 nitrogen and oxygen atoms in total. The number of rotatable bonds is 27. The van der Waals surface area contributed by atoms with E-state index in [2.05, 4.69) is 6.92 Å². The average Bonchev–Trinajstić information content (AvgIpc) is 2.76. The Morgan fingerprint density at radius 1 is 0.406 bits per heavy atom. The Bertz CT molecular complexity index is 448. The fraction of sp³-hybridized carbons (Fsp3) is 1.00. The number of aliphatic hydroxyl groups is 1. The number of sulfone groups is 1. The second kappa shape index (κ2) is 25.5. The fourth-order valence-corrected chi connectivity index (χ4v) is 5.65. The second-order valence-corrected chi connectivity index (χ2v) is 12.3. The van der Waals surface area contributed by atoms with Crippen molar-refractivity contribution in [1.82, 2.24) is 0 Å². The summed E-state index contributed by atoms with van der Waals surface area (Å²) in [7, 11) is -3.01. The molecule has 0 radical (unpaired) electrons. The first-order chi connectivity index (χ1) is 15.6. The first-order valence-corrected chi connectivity index (χ1v) is 16.3. The molecule has 0 aromatic rings. The summed E-state index contributed by atoms with van der Waals surface area (Å²) in [5.41, 5.74) is 0. The van der Waals surface area contributed by atoms with Gasteiger partial charge in [-0.25, -0.2) is 8.42 Å². The van der Waals surface area contributed by atoms with Gasteiger partial charge in [-0.1, -0.05) is 155 Å². The standard InChI is InChI=1S/C28H58O3S/c1-2-3-4-5-6-7-8-9-10-11-12-13-14-15-16-17-18-19-20-21-22-23-24-25-27-32(30,31)28-26-29/h29H,2-28H2,1H3. The van der Waals surface area contributed by atoms with Crippen LogP contribution in [0.3, 0.4) is 0 Å². The second-order valence-electron chi connectivity index (χ2n) is 10.0. The molecule has 194 valence electrons. The van der Waals surface area contributed by atoms with Gasteiger partial charge < -0.3 is 5.11 Å². The van der Waals surface area contributed by atoms with Crippen LogP contribution in [0.4, 0.5) is 0 Å². The summed E-state index contributed by atoms with van der Waals surface area (Å²) in [4.78, 5) is 0. The molecule has 0 aromatic carbocycles. The molecule has 0 amide bonds. The third-order valence-corrected chi connectivity index (χ3v) is 8.43. The lowest BCUT2D eigenvalue weighted by molar-refractivity contribution is 0.319. The highest BCUT2D eigenvalue weighted by molar-refractivity contribution is 7.91. The highest BCUT2D eigenvalue weighted by atomic mass is 32.2. The van der Waals surface area contributed by atoms with Crippen LogP contribution in [0.5, 0.6) is 0 Å². The van der Waals surface area contributed by atoms with Gasteiger partial charge in [-0.2, -0.15) is 0 Å². The molecule has 0 unspecified atom stereocenters. The number of hydrogen-bond donors (Lipinski definition) is 1. The molecular weight excluding hydrogens is 416 g/mol. The molecule has 0 atom stereocenters. The quantitative estimate of drug-likeness (QED) is 0.121. The summed E-state index contributed by atoms with van der Waals surface area (Å²) in [6.07, 6.45) is 32.5. The molecular formula is C28H58O3S. The summed E-state index contributed by atoms with van der Waals surface area (Å²) in [5.74, 6) is 0.166. The lowest BCUT2D eigenvalue weighted by Crippen LogP contribution is -2.13. The van der Waals surface area contributed by atoms with Crippen molar-refractivity contribution in [3.05, 3.63) is 0 Å². The number of aliphatic hydroxyl groups excluding tert-OH is 1. The predicted molar refractivity (Wildman–Crippen MR) is 142 cm³/mol. The summed E-state index contributed by atoms with van der Waals surface area (Å²) in [5, 5.41) is 8.71. The van der Waals surface area contributed by atoms with Crippen LogP contribution >= 0.6 is 0 Å². The van der Waals surface area contributed by atoms with E-state index in [-0.39, 0.29) is 18.1 Å². The summed E-state index contributed by atoms with van der Waals surface area (Å²) in [6, 6.07) is 0. The Labute approximate surface area is 202 Å². The molecule has 0 fully saturated rings. The smallest absolute Gasteiger partial charge is 0.152 e. The van der Waals surface area contributed by atoms with Gasteiger partial charge >= 0.3 is 0 Å². The van der Waals surface area contributed by atoms with Crippen molar-refractivity contribution in [3.63, 3.8) is 0 Å². The Kier molecular flexibility index (Phi) is 25.5. The molecule has 0 bridgehead atoms. The topological polar surface area (TPSA) is 54.4 Å². The van der Waals surface area contributed by atoms with Crippen LogP contribution in [0, 0.1) is 0 Å². The summed E-state index contributed by atoms with van der Waals surface area (Å²) >= 11 is 0. The zero-order chi connectivity index (χ0) is 23.6. The van der Waals surface area contributed by atoms with Gasteiger partial charge in [0.1, 0.15) is 0 Å². The minimum atomic E-state index is -3.01. The van der Waals surface area contributed by atoms with Gasteiger partial charge in [-0.3, -0.25) is 0 Å². The van der Waals surface area contributed by atoms with Crippen LogP contribution in [0.1, 0.15) is 161 Å². The largest absolute Gasteiger partial charge is 0.395 e. The molecule has 32 heavy (non-hydrogen) atoms. The van der Waals surface area contributed by atoms with Crippen LogP contribution in [0.2, 0.25) is 0 Å². The van der Waals surface area contributed by atoms with E-state index < -0.39 is 9.84 Å².